The molecule has 0 unspecified atom stereocenters. The van der Waals surface area contributed by atoms with Gasteiger partial charge in [-0.1, -0.05) is 5.59 Å². The van der Waals surface area contributed by atoms with Crippen LogP contribution in [0.5, 0.6) is 0 Å². The van der Waals surface area contributed by atoms with E-state index in [0.717, 1.165) is 18.7 Å². The van der Waals surface area contributed by atoms with Crippen molar-refractivity contribution in [2.75, 3.05) is 0 Å². The molecule has 0 amide bonds. The minimum Gasteiger partial charge on any atom is -0.356 e. The van der Waals surface area contributed by atoms with E-state index >= 15 is 0 Å². The normalized spacial score (nSPS) is 14.5. The molecule has 94 valence electrons. The molecule has 0 atom stereocenters. The first kappa shape index (κ1) is 12.1. The largest absolute Gasteiger partial charge is 0.356 e. The van der Waals surface area contributed by atoms with E-state index in [2.05, 4.69) is 14.4 Å². The van der Waals surface area contributed by atoms with Gasteiger partial charge in [0, 0.05) is 12.2 Å². The summed E-state index contributed by atoms with van der Waals surface area (Å²) in [4.78, 5) is 20.2. The van der Waals surface area contributed by atoms with Crippen LogP contribution in [-0.4, -0.2) is 15.5 Å². The highest BCUT2D eigenvalue weighted by Gasteiger charge is 2.18. The number of hydrogen-bond acceptors (Lipinski definition) is 5. The van der Waals surface area contributed by atoms with Crippen LogP contribution in [0, 0.1) is 6.92 Å². The van der Waals surface area contributed by atoms with Crippen LogP contribution in [0.1, 0.15) is 36.5 Å². The summed E-state index contributed by atoms with van der Waals surface area (Å²) in [7, 11) is 0. The van der Waals surface area contributed by atoms with E-state index in [0.29, 0.717) is 13.0 Å². The first-order valence-corrected chi connectivity index (χ1v) is 5.92. The van der Waals surface area contributed by atoms with Crippen LogP contribution in [-0.2, 0) is 29.0 Å². The second-order valence-electron chi connectivity index (χ2n) is 4.25. The number of imidazole rings is 1. The van der Waals surface area contributed by atoms with Crippen molar-refractivity contribution in [2.45, 2.75) is 45.6 Å². The number of hydrogen-bond donors (Lipinski definition) is 2. The quantitative estimate of drug-likeness (QED) is 0.585. The molecule has 17 heavy (non-hydrogen) atoms. The van der Waals surface area contributed by atoms with Gasteiger partial charge in [0.05, 0.1) is 12.1 Å². The third-order valence-corrected chi connectivity index (χ3v) is 3.14. The molecule has 0 fully saturated rings. The summed E-state index contributed by atoms with van der Waals surface area (Å²) >= 11 is 0. The second kappa shape index (κ2) is 5.29. The van der Waals surface area contributed by atoms with Gasteiger partial charge in [0.25, 0.3) is 0 Å². The van der Waals surface area contributed by atoms with Gasteiger partial charge in [-0.2, -0.15) is 0 Å². The lowest BCUT2D eigenvalue weighted by molar-refractivity contribution is -0.151. The van der Waals surface area contributed by atoms with Crippen LogP contribution in [0.4, 0.5) is 0 Å². The number of hydrazine groups is 1. The Bertz CT molecular complexity index is 414. The molecule has 6 heteroatoms. The molecule has 0 spiro atoms. The maximum Gasteiger partial charge on any atom is 0.328 e. The number of rotatable bonds is 4. The summed E-state index contributed by atoms with van der Waals surface area (Å²) < 4.78 is 2.12. The monoisotopic (exact) mass is 238 g/mol. The van der Waals surface area contributed by atoms with E-state index in [4.69, 9.17) is 5.84 Å². The minimum absolute atomic E-state index is 0.299. The molecule has 0 aromatic carbocycles. The zero-order valence-electron chi connectivity index (χ0n) is 10.0. The molecule has 0 radical (unpaired) electrons. The second-order valence-corrected chi connectivity index (χ2v) is 4.25. The summed E-state index contributed by atoms with van der Waals surface area (Å²) in [5, 5.41) is 0. The Kier molecular flexibility index (Phi) is 3.75. The molecule has 1 aromatic rings. The van der Waals surface area contributed by atoms with Crippen LogP contribution in [0.2, 0.25) is 0 Å². The van der Waals surface area contributed by atoms with Gasteiger partial charge in [0.15, 0.2) is 0 Å². The Labute approximate surface area is 100 Å². The van der Waals surface area contributed by atoms with E-state index < -0.39 is 0 Å². The Balaban J connectivity index is 2.05. The maximum atomic E-state index is 11.2. The van der Waals surface area contributed by atoms with E-state index in [1.54, 1.807) is 0 Å². The van der Waals surface area contributed by atoms with Gasteiger partial charge in [-0.25, -0.2) is 10.8 Å². The molecule has 3 N–H and O–H groups in total. The summed E-state index contributed by atoms with van der Waals surface area (Å²) in [6, 6.07) is 0. The van der Waals surface area contributed by atoms with Crippen molar-refractivity contribution in [1.29, 1.82) is 0 Å². The number of carbonyl (C=O) groups excluding carboxylic acids is 1. The van der Waals surface area contributed by atoms with Gasteiger partial charge in [-0.15, -0.1) is 0 Å². The van der Waals surface area contributed by atoms with E-state index in [1.165, 1.54) is 24.2 Å². The van der Waals surface area contributed by atoms with Gasteiger partial charge < -0.3 is 9.40 Å². The number of fused-ring (bicyclic) bond motifs is 1. The van der Waals surface area contributed by atoms with Crippen LogP contribution in [0.3, 0.4) is 0 Å². The van der Waals surface area contributed by atoms with Gasteiger partial charge in [-0.3, -0.25) is 4.79 Å². The predicted molar refractivity (Wildman–Crippen MR) is 61.6 cm³/mol. The maximum absolute atomic E-state index is 11.2. The fourth-order valence-corrected chi connectivity index (χ4v) is 2.35. The smallest absolute Gasteiger partial charge is 0.328 e. The van der Waals surface area contributed by atoms with Gasteiger partial charge in [0.1, 0.15) is 5.82 Å². The van der Waals surface area contributed by atoms with Crippen molar-refractivity contribution < 1.29 is 9.63 Å². The topological polar surface area (TPSA) is 82.2 Å². The Morgan fingerprint density at radius 1 is 1.53 bits per heavy atom. The van der Waals surface area contributed by atoms with E-state index in [9.17, 15) is 4.79 Å². The van der Waals surface area contributed by atoms with Gasteiger partial charge in [0.2, 0.25) is 0 Å². The van der Waals surface area contributed by atoms with Crippen LogP contribution >= 0.6 is 0 Å². The number of aromatic nitrogens is 2. The standard InChI is InChI=1S/C11H18N4O2/c1-8-13-9-4-2-3-5-10(9)15(8)7-6-11(16)17-14-12/h14H,2-7,12H2,1H3. The third kappa shape index (κ3) is 2.65. The van der Waals surface area contributed by atoms with Crippen molar-refractivity contribution >= 4 is 5.97 Å². The zero-order chi connectivity index (χ0) is 12.3. The van der Waals surface area contributed by atoms with E-state index in [1.807, 2.05) is 12.5 Å². The molecule has 0 saturated heterocycles. The Hall–Kier alpha value is -1.40. The first-order chi connectivity index (χ1) is 8.22. The molecule has 0 bridgehead atoms. The van der Waals surface area contributed by atoms with Crippen molar-refractivity contribution in [2.24, 2.45) is 5.84 Å². The highest BCUT2D eigenvalue weighted by Crippen LogP contribution is 2.22. The highest BCUT2D eigenvalue weighted by atomic mass is 16.7. The number of nitrogens with two attached hydrogens (primary N) is 1. The average molecular weight is 238 g/mol. The molecule has 0 aliphatic heterocycles. The molecule has 1 aliphatic rings. The van der Waals surface area contributed by atoms with Crippen LogP contribution < -0.4 is 11.4 Å². The van der Waals surface area contributed by atoms with Gasteiger partial charge >= 0.3 is 5.97 Å². The highest BCUT2D eigenvalue weighted by molar-refractivity contribution is 5.68. The predicted octanol–water partition coefficient (Wildman–Crippen LogP) is 0.382. The number of carbonyl (C=O) groups is 1. The van der Waals surface area contributed by atoms with Crippen molar-refractivity contribution in [3.05, 3.63) is 17.2 Å². The van der Waals surface area contributed by atoms with Gasteiger partial charge in [-0.05, 0) is 32.6 Å². The van der Waals surface area contributed by atoms with Crippen molar-refractivity contribution in [3.8, 4) is 0 Å². The molecular weight excluding hydrogens is 220 g/mol. The molecule has 6 nitrogen and oxygen atoms in total. The molecular formula is C11H18N4O2. The Morgan fingerprint density at radius 2 is 2.29 bits per heavy atom. The number of nitrogens with one attached hydrogen (secondary N) is 1. The van der Waals surface area contributed by atoms with Crippen LogP contribution in [0.25, 0.3) is 0 Å². The lowest BCUT2D eigenvalue weighted by atomic mass is 10.0. The van der Waals surface area contributed by atoms with E-state index in [-0.39, 0.29) is 5.97 Å². The SMILES string of the molecule is Cc1nc2c(n1CCC(=O)ONN)CCCC2. The minimum atomic E-state index is -0.356. The first-order valence-electron chi connectivity index (χ1n) is 5.92. The summed E-state index contributed by atoms with van der Waals surface area (Å²) in [6.45, 7) is 2.58. The average Bonchev–Trinajstić information content (AvgIpc) is 2.62. The third-order valence-electron chi connectivity index (χ3n) is 3.14. The number of nitrogens with zero attached hydrogens (tertiary/aromatic N) is 2. The van der Waals surface area contributed by atoms with Crippen LogP contribution in [0.15, 0.2) is 0 Å². The molecule has 0 saturated carbocycles. The summed E-state index contributed by atoms with van der Waals surface area (Å²) in [5.41, 5.74) is 4.37. The summed E-state index contributed by atoms with van der Waals surface area (Å²) in [5.74, 6) is 5.53. The zero-order valence-corrected chi connectivity index (χ0v) is 10.0. The lowest BCUT2D eigenvalue weighted by Crippen LogP contribution is -2.27. The molecule has 1 aromatic heterocycles. The van der Waals surface area contributed by atoms with Crippen molar-refractivity contribution in [3.63, 3.8) is 0 Å². The molecule has 2 rings (SSSR count). The fourth-order valence-electron chi connectivity index (χ4n) is 2.35. The molecule has 1 aliphatic carbocycles. The molecule has 1 heterocycles. The summed E-state index contributed by atoms with van der Waals surface area (Å²) in [6.07, 6.45) is 4.82. The fraction of sp³-hybridized carbons (Fsp3) is 0.636. The lowest BCUT2D eigenvalue weighted by Gasteiger charge is -2.14. The van der Waals surface area contributed by atoms with Crippen molar-refractivity contribution in [1.82, 2.24) is 15.1 Å². The number of aryl methyl sites for hydroxylation is 2. The Morgan fingerprint density at radius 3 is 3.06 bits per heavy atom.